The van der Waals surface area contributed by atoms with Gasteiger partial charge in [0.2, 0.25) is 4.21 Å². The molecule has 8 heteroatoms. The van der Waals surface area contributed by atoms with Crippen LogP contribution < -0.4 is 5.73 Å². The van der Waals surface area contributed by atoms with Crippen LogP contribution in [-0.4, -0.2) is 42.1 Å². The number of thiophene rings is 1. The maximum Gasteiger partial charge on any atom is 0.232 e. The van der Waals surface area contributed by atoms with Gasteiger partial charge in [-0.2, -0.15) is 0 Å². The van der Waals surface area contributed by atoms with Gasteiger partial charge in [-0.05, 0) is 47.6 Å². The van der Waals surface area contributed by atoms with E-state index in [1.807, 2.05) is 43.3 Å². The monoisotopic (exact) mass is 440 g/mol. The Morgan fingerprint density at radius 3 is 2.83 bits per heavy atom. The highest BCUT2D eigenvalue weighted by molar-refractivity contribution is 7.93. The van der Waals surface area contributed by atoms with Crippen molar-refractivity contribution in [1.29, 1.82) is 0 Å². The molecule has 1 atom stereocenters. The van der Waals surface area contributed by atoms with E-state index in [0.717, 1.165) is 32.6 Å². The summed E-state index contributed by atoms with van der Waals surface area (Å²) in [5, 5.41) is 0.842. The third-order valence-corrected chi connectivity index (χ3v) is 7.45. The van der Waals surface area contributed by atoms with Gasteiger partial charge in [-0.3, -0.25) is 4.99 Å². The Bertz CT molecular complexity index is 1080. The summed E-state index contributed by atoms with van der Waals surface area (Å²) in [6.07, 6.45) is 3.78. The molecule has 6 nitrogen and oxygen atoms in total. The quantitative estimate of drug-likeness (QED) is 0.224. The third kappa shape index (κ3) is 4.96. The summed E-state index contributed by atoms with van der Waals surface area (Å²) in [5.41, 5.74) is 10.7. The average molecular weight is 441 g/mol. The summed E-state index contributed by atoms with van der Waals surface area (Å²) in [5.74, 6) is 0.501. The van der Waals surface area contributed by atoms with Gasteiger partial charge in [0.05, 0.1) is 12.3 Å². The van der Waals surface area contributed by atoms with Gasteiger partial charge in [0.15, 0.2) is 0 Å². The molecular formula is C22H24N4O2S2. The fourth-order valence-corrected chi connectivity index (χ4v) is 5.63. The Labute approximate surface area is 183 Å². The number of hydrogen-bond donors (Lipinski definition) is 1. The number of methoxy groups -OCH3 is 1. The number of nitrogen functional groups attached to an aromatic ring is 1. The van der Waals surface area contributed by atoms with Gasteiger partial charge in [-0.25, -0.2) is 9.98 Å². The molecule has 3 rings (SSSR count). The van der Waals surface area contributed by atoms with Crippen molar-refractivity contribution >= 4 is 57.0 Å². The van der Waals surface area contributed by atoms with Crippen molar-refractivity contribution in [2.75, 3.05) is 25.2 Å². The van der Waals surface area contributed by atoms with Crippen molar-refractivity contribution < 1.29 is 9.29 Å². The Morgan fingerprint density at radius 2 is 2.13 bits per heavy atom. The molecule has 2 N–H and O–H groups in total. The number of allylic oxidation sites excluding steroid dienone is 1. The Kier molecular flexibility index (Phi) is 7.75. The minimum Gasteiger partial charge on any atom is -0.611 e. The van der Waals surface area contributed by atoms with E-state index in [4.69, 9.17) is 15.5 Å². The average Bonchev–Trinajstić information content (AvgIpc) is 3.10. The molecule has 0 aliphatic rings. The summed E-state index contributed by atoms with van der Waals surface area (Å²) < 4.78 is 18.6. The summed E-state index contributed by atoms with van der Waals surface area (Å²) >= 11 is 0.186. The van der Waals surface area contributed by atoms with Crippen LogP contribution >= 0.6 is 11.3 Å². The Hall–Kier alpha value is -2.52. The van der Waals surface area contributed by atoms with E-state index in [1.54, 1.807) is 13.3 Å². The van der Waals surface area contributed by atoms with Crippen LogP contribution in [0.2, 0.25) is 0 Å². The van der Waals surface area contributed by atoms with Crippen molar-refractivity contribution in [2.24, 2.45) is 9.98 Å². The molecule has 30 heavy (non-hydrogen) atoms. The fraction of sp³-hybridized carbons (Fsp3) is 0.227. The second-order valence-electron chi connectivity index (χ2n) is 6.56. The number of aromatic nitrogens is 1. The first-order valence-electron chi connectivity index (χ1n) is 9.37. The van der Waals surface area contributed by atoms with Crippen LogP contribution in [-0.2, 0) is 15.9 Å². The second kappa shape index (κ2) is 10.5. The molecule has 0 saturated carbocycles. The van der Waals surface area contributed by atoms with Crippen LogP contribution in [0.1, 0.15) is 19.0 Å². The van der Waals surface area contributed by atoms with Crippen molar-refractivity contribution in [3.05, 3.63) is 48.3 Å². The number of rotatable bonds is 9. The molecule has 1 unspecified atom stereocenters. The molecule has 0 fully saturated rings. The highest BCUT2D eigenvalue weighted by Crippen LogP contribution is 2.42. The molecule has 0 aliphatic heterocycles. The van der Waals surface area contributed by atoms with Crippen LogP contribution in [0.25, 0.3) is 26.9 Å². The van der Waals surface area contributed by atoms with E-state index in [0.29, 0.717) is 28.7 Å². The largest absolute Gasteiger partial charge is 0.611 e. The second-order valence-corrected chi connectivity index (χ2v) is 9.32. The molecule has 0 radical (unpaired) electrons. The van der Waals surface area contributed by atoms with Crippen LogP contribution in [0, 0.1) is 0 Å². The number of hydrogen-bond acceptors (Lipinski definition) is 6. The van der Waals surface area contributed by atoms with Gasteiger partial charge in [-0.15, -0.1) is 0 Å². The summed E-state index contributed by atoms with van der Waals surface area (Å²) in [4.78, 5) is 13.3. The van der Waals surface area contributed by atoms with Crippen molar-refractivity contribution in [3.8, 4) is 11.1 Å². The Morgan fingerprint density at radius 1 is 1.37 bits per heavy atom. The minimum atomic E-state index is -1.20. The first-order valence-corrected chi connectivity index (χ1v) is 11.5. The van der Waals surface area contributed by atoms with Crippen LogP contribution in [0.5, 0.6) is 0 Å². The number of anilines is 1. The molecule has 0 saturated heterocycles. The zero-order valence-electron chi connectivity index (χ0n) is 17.0. The van der Waals surface area contributed by atoms with E-state index in [1.165, 1.54) is 17.7 Å². The Balaban J connectivity index is 2.15. The molecule has 2 aromatic heterocycles. The van der Waals surface area contributed by atoms with Crippen LogP contribution in [0.15, 0.2) is 56.8 Å². The normalized spacial score (nSPS) is 13.2. The summed E-state index contributed by atoms with van der Waals surface area (Å²) in [7, 11) is 1.64. The van der Waals surface area contributed by atoms with E-state index in [9.17, 15) is 4.55 Å². The van der Waals surface area contributed by atoms with Gasteiger partial charge < -0.3 is 15.0 Å². The van der Waals surface area contributed by atoms with Crippen molar-refractivity contribution in [1.82, 2.24) is 4.98 Å². The van der Waals surface area contributed by atoms with Gasteiger partial charge in [0.25, 0.3) is 0 Å². The molecular weight excluding hydrogens is 416 g/mol. The molecule has 2 heterocycles. The van der Waals surface area contributed by atoms with Gasteiger partial charge in [0.1, 0.15) is 22.6 Å². The first kappa shape index (κ1) is 22.2. The first-order chi connectivity index (χ1) is 14.6. The molecule has 156 valence electrons. The maximum absolute atomic E-state index is 12.9. The standard InChI is InChI=1S/C22H24N4O2S2/c1-15(13-25-14-24-2)18-12-17(16-8-5-4-6-9-16)19-20(23)22(29-21(19)26-18)30(27)11-7-10-28-3/h4-6,8-9,12-14H,2,7,10-11,23H2,1,3H3/b15-13+,25-14-. The molecule has 0 bridgehead atoms. The van der Waals surface area contributed by atoms with Crippen molar-refractivity contribution in [3.63, 3.8) is 0 Å². The fourth-order valence-electron chi connectivity index (χ4n) is 3.00. The van der Waals surface area contributed by atoms with E-state index < -0.39 is 11.2 Å². The number of pyridine rings is 1. The lowest BCUT2D eigenvalue weighted by Crippen LogP contribution is -2.09. The van der Waals surface area contributed by atoms with Gasteiger partial charge in [-0.1, -0.05) is 41.7 Å². The highest BCUT2D eigenvalue weighted by atomic mass is 32.2. The SMILES string of the molecule is C=N/C=N\C=C(/C)c1cc(-c2ccccc2)c2c(N)c([S+]([O-])CCCOC)sc2n1. The van der Waals surface area contributed by atoms with Crippen LogP contribution in [0.4, 0.5) is 5.69 Å². The minimum absolute atomic E-state index is 0.501. The number of aliphatic imine (C=N–C) groups is 2. The zero-order chi connectivity index (χ0) is 21.5. The van der Waals surface area contributed by atoms with Crippen LogP contribution in [0.3, 0.4) is 0 Å². The number of nitrogens with zero attached hydrogens (tertiary/aromatic N) is 3. The summed E-state index contributed by atoms with van der Waals surface area (Å²) in [6.45, 7) is 5.89. The van der Waals surface area contributed by atoms with E-state index >= 15 is 0 Å². The predicted octanol–water partition coefficient (Wildman–Crippen LogP) is 4.78. The molecule has 3 aromatic rings. The van der Waals surface area contributed by atoms with Crippen molar-refractivity contribution in [2.45, 2.75) is 17.6 Å². The number of ether oxygens (including phenoxy) is 1. The lowest BCUT2D eigenvalue weighted by molar-refractivity contribution is 0.199. The third-order valence-electron chi connectivity index (χ3n) is 4.46. The molecule has 0 amide bonds. The topological polar surface area (TPSA) is 95.9 Å². The lowest BCUT2D eigenvalue weighted by atomic mass is 10.0. The molecule has 0 aliphatic carbocycles. The number of fused-ring (bicyclic) bond motifs is 1. The van der Waals surface area contributed by atoms with E-state index in [-0.39, 0.29) is 0 Å². The lowest BCUT2D eigenvalue weighted by Gasteiger charge is -2.10. The molecule has 1 aromatic carbocycles. The molecule has 0 spiro atoms. The predicted molar refractivity (Wildman–Crippen MR) is 129 cm³/mol. The summed E-state index contributed by atoms with van der Waals surface area (Å²) in [6, 6.07) is 12.0. The number of nitrogens with two attached hydrogens (primary N) is 1. The van der Waals surface area contributed by atoms with Gasteiger partial charge in [0, 0.05) is 25.1 Å². The maximum atomic E-state index is 12.9. The number of benzene rings is 1. The smallest absolute Gasteiger partial charge is 0.232 e. The highest BCUT2D eigenvalue weighted by Gasteiger charge is 2.24. The van der Waals surface area contributed by atoms with E-state index in [2.05, 4.69) is 16.7 Å². The zero-order valence-corrected chi connectivity index (χ0v) is 18.6. The van der Waals surface area contributed by atoms with Gasteiger partial charge >= 0.3 is 0 Å².